The fourth-order valence-corrected chi connectivity index (χ4v) is 3.16. The first-order chi connectivity index (χ1) is 13.4. The van der Waals surface area contributed by atoms with Crippen LogP contribution < -0.4 is 5.32 Å². The van der Waals surface area contributed by atoms with Crippen LogP contribution in [-0.4, -0.2) is 18.7 Å². The minimum atomic E-state index is 0.00231. The van der Waals surface area contributed by atoms with Crippen LogP contribution in [-0.2, 0) is 0 Å². The summed E-state index contributed by atoms with van der Waals surface area (Å²) in [5.74, 6) is 0.715. The van der Waals surface area contributed by atoms with Crippen LogP contribution in [0.3, 0.4) is 0 Å². The van der Waals surface area contributed by atoms with Crippen molar-refractivity contribution in [1.82, 2.24) is 5.32 Å². The van der Waals surface area contributed by atoms with Crippen LogP contribution in [0.1, 0.15) is 73.4 Å². The third kappa shape index (κ3) is 7.12. The predicted octanol–water partition coefficient (Wildman–Crippen LogP) is 6.85. The second-order valence-electron chi connectivity index (χ2n) is 7.36. The third-order valence-corrected chi connectivity index (χ3v) is 5.02. The van der Waals surface area contributed by atoms with Crippen molar-refractivity contribution in [3.8, 4) is 0 Å². The quantitative estimate of drug-likeness (QED) is 0.531. The van der Waals surface area contributed by atoms with E-state index in [0.717, 1.165) is 28.3 Å². The van der Waals surface area contributed by atoms with Crippen molar-refractivity contribution in [2.24, 2.45) is 4.99 Å². The van der Waals surface area contributed by atoms with Crippen molar-refractivity contribution in [3.05, 3.63) is 64.2 Å². The Morgan fingerprint density at radius 1 is 1.21 bits per heavy atom. The second kappa shape index (κ2) is 11.0. The van der Waals surface area contributed by atoms with Crippen molar-refractivity contribution in [2.75, 3.05) is 7.05 Å². The zero-order valence-electron chi connectivity index (χ0n) is 17.4. The van der Waals surface area contributed by atoms with Gasteiger partial charge in [-0.25, -0.2) is 0 Å². The molecule has 0 atom stereocenters. The zero-order chi connectivity index (χ0) is 20.5. The van der Waals surface area contributed by atoms with E-state index in [0.29, 0.717) is 5.92 Å². The number of carbonyl (C=O) groups is 1. The lowest BCUT2D eigenvalue weighted by Crippen LogP contribution is -2.17. The van der Waals surface area contributed by atoms with Crippen LogP contribution in [0.4, 0.5) is 5.69 Å². The van der Waals surface area contributed by atoms with Gasteiger partial charge >= 0.3 is 0 Å². The molecule has 3 rings (SSSR count). The monoisotopic (exact) mass is 398 g/mol. The van der Waals surface area contributed by atoms with Gasteiger partial charge < -0.3 is 5.32 Å². The highest BCUT2D eigenvalue weighted by Gasteiger charge is 2.23. The highest BCUT2D eigenvalue weighted by molar-refractivity contribution is 6.30. The van der Waals surface area contributed by atoms with Gasteiger partial charge in [0.1, 0.15) is 0 Å². The van der Waals surface area contributed by atoms with Gasteiger partial charge in [0.25, 0.3) is 5.91 Å². The number of unbranched alkanes of at least 4 members (excludes halogenated alkanes) is 1. The lowest BCUT2D eigenvalue weighted by atomic mass is 10.1. The largest absolute Gasteiger partial charge is 0.355 e. The van der Waals surface area contributed by atoms with E-state index in [2.05, 4.69) is 30.2 Å². The van der Waals surface area contributed by atoms with E-state index in [9.17, 15) is 4.79 Å². The number of amides is 1. The van der Waals surface area contributed by atoms with E-state index in [1.807, 2.05) is 43.3 Å². The number of nitrogens with zero attached hydrogens (tertiary/aromatic N) is 1. The van der Waals surface area contributed by atoms with Crippen LogP contribution in [0.2, 0.25) is 5.02 Å². The maximum Gasteiger partial charge on any atom is 0.251 e. The fourth-order valence-electron chi connectivity index (χ4n) is 2.93. The van der Waals surface area contributed by atoms with Gasteiger partial charge in [0.15, 0.2) is 0 Å². The Balaban J connectivity index is 0.000000202. The first-order valence-electron chi connectivity index (χ1n) is 10.1. The Morgan fingerprint density at radius 3 is 2.57 bits per heavy atom. The highest BCUT2D eigenvalue weighted by Crippen LogP contribution is 2.40. The van der Waals surface area contributed by atoms with Crippen LogP contribution in [0, 0.1) is 6.92 Å². The second-order valence-corrected chi connectivity index (χ2v) is 7.80. The molecule has 0 spiro atoms. The molecule has 0 aromatic heterocycles. The molecule has 0 radical (unpaired) electrons. The lowest BCUT2D eigenvalue weighted by Gasteiger charge is -2.03. The highest BCUT2D eigenvalue weighted by atomic mass is 35.5. The Hall–Kier alpha value is -2.13. The van der Waals surface area contributed by atoms with Gasteiger partial charge in [-0.1, -0.05) is 37.1 Å². The number of carbonyl (C=O) groups excluding carboxylic acids is 1. The summed E-state index contributed by atoms with van der Waals surface area (Å²) in [6.45, 7) is 6.32. The van der Waals surface area contributed by atoms with E-state index in [1.54, 1.807) is 7.05 Å². The first kappa shape index (κ1) is 22.2. The first-order valence-corrected chi connectivity index (χ1v) is 10.4. The topological polar surface area (TPSA) is 41.5 Å². The average Bonchev–Trinajstić information content (AvgIpc) is 3.54. The van der Waals surface area contributed by atoms with Crippen molar-refractivity contribution < 1.29 is 4.79 Å². The normalized spacial score (nSPS) is 13.5. The van der Waals surface area contributed by atoms with Gasteiger partial charge in [0.05, 0.1) is 5.69 Å². The van der Waals surface area contributed by atoms with E-state index >= 15 is 0 Å². The third-order valence-electron chi connectivity index (χ3n) is 4.79. The fraction of sp³-hybridized carbons (Fsp3) is 0.417. The summed E-state index contributed by atoms with van der Waals surface area (Å²) in [5.41, 5.74) is 5.45. The van der Waals surface area contributed by atoms with Crippen LogP contribution >= 0.6 is 11.6 Å². The molecule has 0 unspecified atom stereocenters. The summed E-state index contributed by atoms with van der Waals surface area (Å²) in [7, 11) is 1.66. The summed E-state index contributed by atoms with van der Waals surface area (Å²) < 4.78 is 0. The molecule has 0 saturated heterocycles. The van der Waals surface area contributed by atoms with E-state index in [1.165, 1.54) is 37.0 Å². The molecule has 1 saturated carbocycles. The summed E-state index contributed by atoms with van der Waals surface area (Å²) in [4.78, 5) is 15.9. The molecular weight excluding hydrogens is 368 g/mol. The van der Waals surface area contributed by atoms with Gasteiger partial charge in [0, 0.05) is 23.3 Å². The van der Waals surface area contributed by atoms with Crippen molar-refractivity contribution in [2.45, 2.75) is 58.8 Å². The number of hydrogen-bond donors (Lipinski definition) is 1. The molecule has 3 nitrogen and oxygen atoms in total. The lowest BCUT2D eigenvalue weighted by molar-refractivity contribution is 0.0963. The molecule has 1 fully saturated rings. The summed E-state index contributed by atoms with van der Waals surface area (Å²) >= 11 is 5.89. The average molecular weight is 399 g/mol. The Morgan fingerprint density at radius 2 is 1.96 bits per heavy atom. The predicted molar refractivity (Wildman–Crippen MR) is 120 cm³/mol. The molecule has 2 aromatic rings. The number of hydrogen-bond acceptors (Lipinski definition) is 2. The van der Waals surface area contributed by atoms with Gasteiger partial charge in [0.2, 0.25) is 0 Å². The summed E-state index contributed by atoms with van der Waals surface area (Å²) in [5, 5.41) is 3.40. The molecular formula is C24H31ClN2O. The molecule has 1 amide bonds. The number of nitrogens with one attached hydrogen (secondary N) is 1. The van der Waals surface area contributed by atoms with Crippen LogP contribution in [0.25, 0.3) is 0 Å². The van der Waals surface area contributed by atoms with Crippen molar-refractivity contribution in [1.29, 1.82) is 0 Å². The number of aryl methyl sites for hydroxylation is 1. The zero-order valence-corrected chi connectivity index (χ0v) is 18.1. The molecule has 0 aliphatic heterocycles. The smallest absolute Gasteiger partial charge is 0.251 e. The molecule has 4 heteroatoms. The Bertz CT molecular complexity index is 825. The van der Waals surface area contributed by atoms with E-state index < -0.39 is 0 Å². The molecule has 1 aliphatic rings. The van der Waals surface area contributed by atoms with Crippen molar-refractivity contribution in [3.63, 3.8) is 0 Å². The van der Waals surface area contributed by atoms with Crippen LogP contribution in [0.15, 0.2) is 47.5 Å². The Labute approximate surface area is 174 Å². The number of halogens is 1. The number of aliphatic imine (C=N–C) groups is 1. The minimum absolute atomic E-state index is 0.00231. The van der Waals surface area contributed by atoms with Gasteiger partial charge in [-0.15, -0.1) is 0 Å². The van der Waals surface area contributed by atoms with Crippen LogP contribution in [0.5, 0.6) is 0 Å². The standard InChI is InChI=1S/C13H18ClN.C11H13NO/c1-4-5-6-11(3)15-13-8-7-12(14)9-10(13)2;1-12-11(13)10-4-2-3-9(7-10)8-5-6-8/h7-9H,4-6H2,1-3H3;2-4,7-8H,5-6H2,1H3,(H,12,13). The summed E-state index contributed by atoms with van der Waals surface area (Å²) in [6, 6.07) is 13.7. The molecule has 0 heterocycles. The molecule has 150 valence electrons. The number of benzene rings is 2. The van der Waals surface area contributed by atoms with Crippen molar-refractivity contribution >= 4 is 28.9 Å². The van der Waals surface area contributed by atoms with E-state index in [4.69, 9.17) is 11.6 Å². The molecule has 0 bridgehead atoms. The SMILES string of the molecule is CCCCC(C)=Nc1ccc(Cl)cc1C.CNC(=O)c1cccc(C2CC2)c1. The molecule has 1 N–H and O–H groups in total. The Kier molecular flexibility index (Phi) is 8.72. The molecule has 1 aliphatic carbocycles. The molecule has 2 aromatic carbocycles. The minimum Gasteiger partial charge on any atom is -0.355 e. The maximum absolute atomic E-state index is 11.3. The summed E-state index contributed by atoms with van der Waals surface area (Å²) in [6.07, 6.45) is 6.06. The van der Waals surface area contributed by atoms with Gasteiger partial charge in [-0.05, 0) is 86.9 Å². The maximum atomic E-state index is 11.3. The van der Waals surface area contributed by atoms with Gasteiger partial charge in [-0.3, -0.25) is 9.79 Å². The number of rotatable bonds is 6. The van der Waals surface area contributed by atoms with Gasteiger partial charge in [-0.2, -0.15) is 0 Å². The molecule has 28 heavy (non-hydrogen) atoms. The van der Waals surface area contributed by atoms with E-state index in [-0.39, 0.29) is 5.91 Å².